The lowest BCUT2D eigenvalue weighted by Gasteiger charge is -2.42. The molecule has 1 aromatic carbocycles. The summed E-state index contributed by atoms with van der Waals surface area (Å²) in [7, 11) is 2.01. The highest BCUT2D eigenvalue weighted by atomic mass is 16.5. The van der Waals surface area contributed by atoms with Crippen molar-refractivity contribution in [2.24, 2.45) is 5.92 Å². The number of benzene rings is 1. The first-order valence-electron chi connectivity index (χ1n) is 6.48. The highest BCUT2D eigenvalue weighted by Crippen LogP contribution is 2.32. The predicted octanol–water partition coefficient (Wildman–Crippen LogP) is 2.37. The van der Waals surface area contributed by atoms with Gasteiger partial charge in [-0.2, -0.15) is 0 Å². The van der Waals surface area contributed by atoms with Gasteiger partial charge in [0.1, 0.15) is 0 Å². The van der Waals surface area contributed by atoms with E-state index in [1.54, 1.807) is 0 Å². The maximum atomic E-state index is 5.40. The van der Waals surface area contributed by atoms with E-state index in [0.717, 1.165) is 32.1 Å². The average Bonchev–Trinajstić information content (AvgIpc) is 2.24. The van der Waals surface area contributed by atoms with Crippen molar-refractivity contribution in [2.75, 3.05) is 26.8 Å². The van der Waals surface area contributed by atoms with Gasteiger partial charge in [0.15, 0.2) is 0 Å². The van der Waals surface area contributed by atoms with Crippen molar-refractivity contribution >= 4 is 0 Å². The third kappa shape index (κ3) is 2.70. The molecule has 1 aliphatic rings. The third-order valence-corrected chi connectivity index (χ3v) is 3.48. The molecule has 1 N–H and O–H groups in total. The standard InChI is InChI=1S/C15H23NO/c1-12(2)8-13-4-6-14(7-5-13)15(9-16-3)10-17-11-15/h4-7,12,16H,8-11H2,1-3H3. The number of likely N-dealkylation sites (N-methyl/N-ethyl adjacent to an activating group) is 1. The lowest BCUT2D eigenvalue weighted by atomic mass is 9.78. The molecule has 94 valence electrons. The zero-order chi connectivity index (χ0) is 12.3. The van der Waals surface area contributed by atoms with E-state index in [2.05, 4.69) is 43.4 Å². The minimum absolute atomic E-state index is 0.213. The normalized spacial score (nSPS) is 18.1. The Hall–Kier alpha value is -0.860. The molecular formula is C15H23NO. The van der Waals surface area contributed by atoms with E-state index < -0.39 is 0 Å². The van der Waals surface area contributed by atoms with Crippen molar-refractivity contribution < 1.29 is 4.74 Å². The maximum absolute atomic E-state index is 5.40. The summed E-state index contributed by atoms with van der Waals surface area (Å²) < 4.78 is 5.40. The summed E-state index contributed by atoms with van der Waals surface area (Å²) in [5, 5.41) is 3.28. The summed E-state index contributed by atoms with van der Waals surface area (Å²) >= 11 is 0. The number of rotatable bonds is 5. The fourth-order valence-corrected chi connectivity index (χ4v) is 2.52. The van der Waals surface area contributed by atoms with Gasteiger partial charge < -0.3 is 10.1 Å². The topological polar surface area (TPSA) is 21.3 Å². The largest absolute Gasteiger partial charge is 0.379 e. The number of nitrogens with one attached hydrogen (secondary N) is 1. The molecule has 0 aliphatic carbocycles. The summed E-state index contributed by atoms with van der Waals surface area (Å²) in [6.45, 7) is 7.21. The molecular weight excluding hydrogens is 210 g/mol. The number of hydrogen-bond acceptors (Lipinski definition) is 2. The highest BCUT2D eigenvalue weighted by molar-refractivity contribution is 5.32. The smallest absolute Gasteiger partial charge is 0.0598 e. The Balaban J connectivity index is 2.11. The average molecular weight is 233 g/mol. The number of hydrogen-bond donors (Lipinski definition) is 1. The van der Waals surface area contributed by atoms with Crippen LogP contribution in [-0.2, 0) is 16.6 Å². The summed E-state index contributed by atoms with van der Waals surface area (Å²) in [4.78, 5) is 0. The monoisotopic (exact) mass is 233 g/mol. The fourth-order valence-electron chi connectivity index (χ4n) is 2.52. The van der Waals surface area contributed by atoms with Crippen LogP contribution in [0.1, 0.15) is 25.0 Å². The van der Waals surface area contributed by atoms with Gasteiger partial charge in [-0.15, -0.1) is 0 Å². The van der Waals surface area contributed by atoms with Crippen LogP contribution in [0.4, 0.5) is 0 Å². The summed E-state index contributed by atoms with van der Waals surface area (Å²) in [6, 6.07) is 9.09. The summed E-state index contributed by atoms with van der Waals surface area (Å²) in [6.07, 6.45) is 1.16. The Morgan fingerprint density at radius 2 is 1.88 bits per heavy atom. The molecule has 1 aliphatic heterocycles. The van der Waals surface area contributed by atoms with Gasteiger partial charge >= 0.3 is 0 Å². The van der Waals surface area contributed by atoms with Crippen LogP contribution in [0.15, 0.2) is 24.3 Å². The lowest BCUT2D eigenvalue weighted by molar-refractivity contribution is -0.0582. The quantitative estimate of drug-likeness (QED) is 0.843. The van der Waals surface area contributed by atoms with E-state index in [-0.39, 0.29) is 5.41 Å². The molecule has 2 heteroatoms. The Labute approximate surface area is 104 Å². The molecule has 0 amide bonds. The van der Waals surface area contributed by atoms with Crippen LogP contribution in [0, 0.1) is 5.92 Å². The first-order valence-corrected chi connectivity index (χ1v) is 6.48. The number of ether oxygens (including phenoxy) is 1. The van der Waals surface area contributed by atoms with Crippen molar-refractivity contribution in [3.63, 3.8) is 0 Å². The van der Waals surface area contributed by atoms with E-state index in [0.29, 0.717) is 0 Å². The molecule has 0 radical (unpaired) electrons. The van der Waals surface area contributed by atoms with Crippen molar-refractivity contribution in [1.29, 1.82) is 0 Å². The molecule has 1 heterocycles. The molecule has 17 heavy (non-hydrogen) atoms. The van der Waals surface area contributed by atoms with Gasteiger partial charge in [0.05, 0.1) is 18.6 Å². The van der Waals surface area contributed by atoms with Crippen LogP contribution < -0.4 is 5.32 Å². The molecule has 1 aromatic rings. The van der Waals surface area contributed by atoms with Crippen LogP contribution in [0.5, 0.6) is 0 Å². The molecule has 0 unspecified atom stereocenters. The summed E-state index contributed by atoms with van der Waals surface area (Å²) in [5.41, 5.74) is 3.06. The Morgan fingerprint density at radius 3 is 2.29 bits per heavy atom. The SMILES string of the molecule is CNCC1(c2ccc(CC(C)C)cc2)COC1. The molecule has 1 saturated heterocycles. The van der Waals surface area contributed by atoms with E-state index in [4.69, 9.17) is 4.74 Å². The second-order valence-corrected chi connectivity index (χ2v) is 5.60. The van der Waals surface area contributed by atoms with E-state index in [1.807, 2.05) is 7.05 Å². The molecule has 1 fully saturated rings. The van der Waals surface area contributed by atoms with Crippen molar-refractivity contribution in [1.82, 2.24) is 5.32 Å². The molecule has 0 aromatic heterocycles. The summed E-state index contributed by atoms with van der Waals surface area (Å²) in [5.74, 6) is 0.721. The molecule has 2 rings (SSSR count). The lowest BCUT2D eigenvalue weighted by Crippen LogP contribution is -2.52. The molecule has 0 bridgehead atoms. The van der Waals surface area contributed by atoms with Crippen LogP contribution in [0.2, 0.25) is 0 Å². The van der Waals surface area contributed by atoms with Crippen molar-refractivity contribution in [3.8, 4) is 0 Å². The Bertz CT molecular complexity index is 352. The predicted molar refractivity (Wildman–Crippen MR) is 71.4 cm³/mol. The van der Waals surface area contributed by atoms with E-state index >= 15 is 0 Å². The van der Waals surface area contributed by atoms with Gasteiger partial charge in [0.2, 0.25) is 0 Å². The van der Waals surface area contributed by atoms with E-state index in [9.17, 15) is 0 Å². The minimum Gasteiger partial charge on any atom is -0.379 e. The molecule has 0 spiro atoms. The van der Waals surface area contributed by atoms with Gasteiger partial charge in [0, 0.05) is 6.54 Å². The van der Waals surface area contributed by atoms with Crippen molar-refractivity contribution in [2.45, 2.75) is 25.7 Å². The van der Waals surface area contributed by atoms with Gasteiger partial charge in [-0.05, 0) is 30.5 Å². The van der Waals surface area contributed by atoms with Crippen molar-refractivity contribution in [3.05, 3.63) is 35.4 Å². The maximum Gasteiger partial charge on any atom is 0.0598 e. The first kappa shape index (κ1) is 12.6. The Morgan fingerprint density at radius 1 is 1.24 bits per heavy atom. The van der Waals surface area contributed by atoms with Crippen LogP contribution in [-0.4, -0.2) is 26.8 Å². The van der Waals surface area contributed by atoms with Crippen LogP contribution >= 0.6 is 0 Å². The van der Waals surface area contributed by atoms with Crippen LogP contribution in [0.25, 0.3) is 0 Å². The zero-order valence-electron chi connectivity index (χ0n) is 11.1. The second kappa shape index (κ2) is 5.19. The van der Waals surface area contributed by atoms with Crippen LogP contribution in [0.3, 0.4) is 0 Å². The van der Waals surface area contributed by atoms with Gasteiger partial charge in [-0.3, -0.25) is 0 Å². The molecule has 0 saturated carbocycles. The second-order valence-electron chi connectivity index (χ2n) is 5.60. The zero-order valence-corrected chi connectivity index (χ0v) is 11.1. The minimum atomic E-state index is 0.213. The van der Waals surface area contributed by atoms with Gasteiger partial charge in [-0.1, -0.05) is 38.1 Å². The Kier molecular flexibility index (Phi) is 3.85. The fraction of sp³-hybridized carbons (Fsp3) is 0.600. The molecule has 0 atom stereocenters. The van der Waals surface area contributed by atoms with E-state index in [1.165, 1.54) is 11.1 Å². The van der Waals surface area contributed by atoms with Gasteiger partial charge in [0.25, 0.3) is 0 Å². The molecule has 2 nitrogen and oxygen atoms in total. The van der Waals surface area contributed by atoms with Gasteiger partial charge in [-0.25, -0.2) is 0 Å². The highest BCUT2D eigenvalue weighted by Gasteiger charge is 2.39. The first-order chi connectivity index (χ1) is 8.16. The third-order valence-electron chi connectivity index (χ3n) is 3.48.